The maximum Gasteiger partial charge on any atom is 0.251 e. The number of hydrogen-bond donors (Lipinski definition) is 1. The van der Waals surface area contributed by atoms with E-state index in [1.165, 1.54) is 0 Å². The van der Waals surface area contributed by atoms with E-state index in [0.717, 1.165) is 23.2 Å². The minimum Gasteiger partial charge on any atom is -0.343 e. The summed E-state index contributed by atoms with van der Waals surface area (Å²) in [6.07, 6.45) is 0. The Kier molecular flexibility index (Phi) is 7.55. The van der Waals surface area contributed by atoms with Gasteiger partial charge in [0.25, 0.3) is 5.91 Å². The lowest BCUT2D eigenvalue weighted by Gasteiger charge is -2.25. The number of aryl methyl sites for hydroxylation is 2. The zero-order valence-electron chi connectivity index (χ0n) is 16.7. The van der Waals surface area contributed by atoms with Crippen molar-refractivity contribution in [2.24, 2.45) is 0 Å². The number of carbonyl (C=O) groups is 2. The maximum absolute atomic E-state index is 12.7. The van der Waals surface area contributed by atoms with Crippen LogP contribution >= 0.6 is 0 Å². The molecule has 1 N–H and O–H groups in total. The molecule has 0 aliphatic heterocycles. The van der Waals surface area contributed by atoms with Gasteiger partial charge in [-0.1, -0.05) is 36.4 Å². The first-order valence-electron chi connectivity index (χ1n) is 9.18. The number of nitrogens with one attached hydrogen (secondary N) is 1. The first-order chi connectivity index (χ1) is 12.9. The first kappa shape index (κ1) is 20.6. The summed E-state index contributed by atoms with van der Waals surface area (Å²) in [5, 5.41) is 2.76. The molecule has 0 saturated heterocycles. The molecule has 0 heterocycles. The van der Waals surface area contributed by atoms with Gasteiger partial charge in [-0.15, -0.1) is 0 Å². The van der Waals surface area contributed by atoms with Crippen LogP contribution in [0, 0.1) is 13.8 Å². The zero-order chi connectivity index (χ0) is 19.8. The van der Waals surface area contributed by atoms with Crippen molar-refractivity contribution in [1.29, 1.82) is 0 Å². The van der Waals surface area contributed by atoms with E-state index in [-0.39, 0.29) is 18.4 Å². The van der Waals surface area contributed by atoms with E-state index < -0.39 is 0 Å². The molecule has 2 amide bonds. The Labute approximate surface area is 162 Å². The smallest absolute Gasteiger partial charge is 0.251 e. The van der Waals surface area contributed by atoms with Gasteiger partial charge in [-0.2, -0.15) is 0 Å². The predicted octanol–water partition coefficient (Wildman–Crippen LogP) is 2.62. The summed E-state index contributed by atoms with van der Waals surface area (Å²) in [4.78, 5) is 28.9. The maximum atomic E-state index is 12.7. The molecule has 0 atom stereocenters. The largest absolute Gasteiger partial charge is 0.343 e. The molecule has 0 radical (unpaired) electrons. The molecule has 2 aromatic rings. The molecule has 0 unspecified atom stereocenters. The number of carbonyl (C=O) groups excluding carboxylic acids is 2. The van der Waals surface area contributed by atoms with Gasteiger partial charge in [-0.05, 0) is 56.8 Å². The summed E-state index contributed by atoms with van der Waals surface area (Å²) in [5.74, 6) is -0.309. The zero-order valence-corrected chi connectivity index (χ0v) is 16.7. The van der Waals surface area contributed by atoms with Crippen molar-refractivity contribution in [3.63, 3.8) is 0 Å². The molecule has 0 aromatic heterocycles. The minimum absolute atomic E-state index is 0.00792. The van der Waals surface area contributed by atoms with Crippen molar-refractivity contribution in [3.05, 3.63) is 70.8 Å². The van der Waals surface area contributed by atoms with Gasteiger partial charge in [0.2, 0.25) is 5.91 Å². The molecular weight excluding hydrogens is 338 g/mol. The highest BCUT2D eigenvalue weighted by atomic mass is 16.2. The molecule has 5 nitrogen and oxygen atoms in total. The Hall–Kier alpha value is -2.66. The van der Waals surface area contributed by atoms with Crippen LogP contribution in [-0.2, 0) is 11.3 Å². The highest BCUT2D eigenvalue weighted by Gasteiger charge is 2.16. The summed E-state index contributed by atoms with van der Waals surface area (Å²) in [6.45, 7) is 5.88. The van der Waals surface area contributed by atoms with Crippen LogP contribution in [0.5, 0.6) is 0 Å². The van der Waals surface area contributed by atoms with Crippen LogP contribution in [0.25, 0.3) is 0 Å². The number of likely N-dealkylation sites (N-methyl/N-ethyl adjacent to an activating group) is 1. The lowest BCUT2D eigenvalue weighted by atomic mass is 10.1. The number of hydrogen-bond acceptors (Lipinski definition) is 3. The molecule has 0 aliphatic carbocycles. The van der Waals surface area contributed by atoms with Crippen LogP contribution in [0.4, 0.5) is 0 Å². The van der Waals surface area contributed by atoms with Crippen molar-refractivity contribution in [3.8, 4) is 0 Å². The fourth-order valence-corrected chi connectivity index (χ4v) is 2.67. The summed E-state index contributed by atoms with van der Waals surface area (Å²) in [6, 6.07) is 15.5. The molecule has 0 aliphatic rings. The van der Waals surface area contributed by atoms with E-state index in [4.69, 9.17) is 0 Å². The molecule has 0 fully saturated rings. The Balaban J connectivity index is 1.99. The second-order valence-electron chi connectivity index (χ2n) is 7.09. The van der Waals surface area contributed by atoms with E-state index in [0.29, 0.717) is 18.7 Å². The molecule has 0 saturated carbocycles. The first-order valence-corrected chi connectivity index (χ1v) is 9.18. The van der Waals surface area contributed by atoms with E-state index in [2.05, 4.69) is 5.32 Å². The monoisotopic (exact) mass is 367 g/mol. The Morgan fingerprint density at radius 1 is 0.926 bits per heavy atom. The van der Waals surface area contributed by atoms with Crippen LogP contribution < -0.4 is 5.32 Å². The molecule has 2 rings (SSSR count). The standard InChI is InChI=1S/C22H29N3O2/c1-17-10-11-20(14-18(17)2)22(27)23-15-21(26)25(13-12-24(3)4)16-19-8-6-5-7-9-19/h5-11,14H,12-13,15-16H2,1-4H3,(H,23,27). The average molecular weight is 367 g/mol. The minimum atomic E-state index is -0.223. The van der Waals surface area contributed by atoms with Crippen molar-refractivity contribution >= 4 is 11.8 Å². The van der Waals surface area contributed by atoms with Crippen LogP contribution in [0.1, 0.15) is 27.0 Å². The van der Waals surface area contributed by atoms with Crippen molar-refractivity contribution < 1.29 is 9.59 Å². The Bertz CT molecular complexity index is 772. The number of rotatable bonds is 8. The van der Waals surface area contributed by atoms with Gasteiger partial charge in [-0.25, -0.2) is 0 Å². The van der Waals surface area contributed by atoms with Crippen molar-refractivity contribution in [1.82, 2.24) is 15.1 Å². The number of nitrogens with zero attached hydrogens (tertiary/aromatic N) is 2. The third-order valence-corrected chi connectivity index (χ3v) is 4.56. The number of benzene rings is 2. The lowest BCUT2D eigenvalue weighted by Crippen LogP contribution is -2.42. The molecule has 2 aromatic carbocycles. The van der Waals surface area contributed by atoms with Crippen LogP contribution in [0.3, 0.4) is 0 Å². The second-order valence-corrected chi connectivity index (χ2v) is 7.09. The van der Waals surface area contributed by atoms with E-state index in [9.17, 15) is 9.59 Å². The van der Waals surface area contributed by atoms with Gasteiger partial charge >= 0.3 is 0 Å². The highest BCUT2D eigenvalue weighted by molar-refractivity contribution is 5.96. The van der Waals surface area contributed by atoms with Gasteiger partial charge in [0.1, 0.15) is 0 Å². The Morgan fingerprint density at radius 3 is 2.26 bits per heavy atom. The highest BCUT2D eigenvalue weighted by Crippen LogP contribution is 2.10. The summed E-state index contributed by atoms with van der Waals surface area (Å²) < 4.78 is 0. The van der Waals surface area contributed by atoms with Crippen molar-refractivity contribution in [2.75, 3.05) is 33.7 Å². The van der Waals surface area contributed by atoms with Crippen molar-refractivity contribution in [2.45, 2.75) is 20.4 Å². The topological polar surface area (TPSA) is 52.7 Å². The Morgan fingerprint density at radius 2 is 1.63 bits per heavy atom. The summed E-state index contributed by atoms with van der Waals surface area (Å²) >= 11 is 0. The lowest BCUT2D eigenvalue weighted by molar-refractivity contribution is -0.130. The second kappa shape index (κ2) is 9.88. The molecule has 144 valence electrons. The van der Waals surface area contributed by atoms with Gasteiger partial charge in [0.05, 0.1) is 6.54 Å². The quantitative estimate of drug-likeness (QED) is 0.780. The van der Waals surface area contributed by atoms with Gasteiger partial charge in [0, 0.05) is 25.2 Å². The van der Waals surface area contributed by atoms with Gasteiger partial charge < -0.3 is 15.1 Å². The van der Waals surface area contributed by atoms with E-state index in [1.54, 1.807) is 11.0 Å². The molecule has 27 heavy (non-hydrogen) atoms. The average Bonchev–Trinajstić information content (AvgIpc) is 2.65. The third kappa shape index (κ3) is 6.53. The van der Waals surface area contributed by atoms with Crippen LogP contribution in [0.2, 0.25) is 0 Å². The number of amides is 2. The summed E-state index contributed by atoms with van der Waals surface area (Å²) in [5.41, 5.74) is 3.85. The predicted molar refractivity (Wildman–Crippen MR) is 109 cm³/mol. The summed E-state index contributed by atoms with van der Waals surface area (Å²) in [7, 11) is 3.96. The van der Waals surface area contributed by atoms with Crippen LogP contribution in [0.15, 0.2) is 48.5 Å². The molecule has 5 heteroatoms. The normalized spacial score (nSPS) is 10.7. The molecule has 0 spiro atoms. The SMILES string of the molecule is Cc1ccc(C(=O)NCC(=O)N(CCN(C)C)Cc2ccccc2)cc1C. The van der Waals surface area contributed by atoms with E-state index in [1.807, 2.05) is 75.3 Å². The fraction of sp³-hybridized carbons (Fsp3) is 0.364. The van der Waals surface area contributed by atoms with Crippen LogP contribution in [-0.4, -0.2) is 55.3 Å². The van der Waals surface area contributed by atoms with E-state index >= 15 is 0 Å². The van der Waals surface area contributed by atoms with Gasteiger partial charge in [-0.3, -0.25) is 9.59 Å². The molecular formula is C22H29N3O2. The molecule has 0 bridgehead atoms. The van der Waals surface area contributed by atoms with Gasteiger partial charge in [0.15, 0.2) is 0 Å². The third-order valence-electron chi connectivity index (χ3n) is 4.56. The fourth-order valence-electron chi connectivity index (χ4n) is 2.67.